The number of nitrogens with one attached hydrogen (secondary N) is 1. The Labute approximate surface area is 123 Å². The third-order valence-corrected chi connectivity index (χ3v) is 5.01. The Balaban J connectivity index is 2.15. The van der Waals surface area contributed by atoms with Crippen molar-refractivity contribution in [1.29, 1.82) is 0 Å². The predicted molar refractivity (Wildman–Crippen MR) is 81.7 cm³/mol. The lowest BCUT2D eigenvalue weighted by Crippen LogP contribution is -2.29. The molecule has 1 aliphatic rings. The first-order valence-electron chi connectivity index (χ1n) is 7.12. The molecule has 5 heteroatoms. The van der Waals surface area contributed by atoms with Crippen LogP contribution in [0.2, 0.25) is 0 Å². The summed E-state index contributed by atoms with van der Waals surface area (Å²) in [6.07, 6.45) is 1.05. The first-order valence-corrected chi connectivity index (χ1v) is 8.50. The Kier molecular flexibility index (Phi) is 5.43. The second-order valence-electron chi connectivity index (χ2n) is 5.22. The first kappa shape index (κ1) is 15.3. The molecular weight excluding hydrogens is 274 g/mol. The Morgan fingerprint density at radius 1 is 1.30 bits per heavy atom. The van der Waals surface area contributed by atoms with Crippen LogP contribution in [-0.4, -0.2) is 28.5 Å². The summed E-state index contributed by atoms with van der Waals surface area (Å²) < 4.78 is 22.9. The van der Waals surface area contributed by atoms with Crippen molar-refractivity contribution in [1.82, 2.24) is 5.32 Å². The van der Waals surface area contributed by atoms with Crippen LogP contribution in [0.1, 0.15) is 38.8 Å². The van der Waals surface area contributed by atoms with Gasteiger partial charge in [0, 0.05) is 27.8 Å². The van der Waals surface area contributed by atoms with Crippen LogP contribution in [0.25, 0.3) is 0 Å². The van der Waals surface area contributed by atoms with E-state index in [9.17, 15) is 4.21 Å². The second-order valence-corrected chi connectivity index (χ2v) is 7.25. The molecule has 0 fully saturated rings. The van der Waals surface area contributed by atoms with Gasteiger partial charge in [-0.3, -0.25) is 4.21 Å². The normalized spacial score (nSPS) is 16.4. The van der Waals surface area contributed by atoms with Gasteiger partial charge >= 0.3 is 0 Å². The zero-order chi connectivity index (χ0) is 14.5. The Bertz CT molecular complexity index is 476. The number of hydrogen-bond acceptors (Lipinski definition) is 4. The molecule has 0 saturated carbocycles. The van der Waals surface area contributed by atoms with Crippen molar-refractivity contribution < 1.29 is 13.7 Å². The predicted octanol–water partition coefficient (Wildman–Crippen LogP) is 2.61. The zero-order valence-corrected chi connectivity index (χ0v) is 13.2. The highest BCUT2D eigenvalue weighted by atomic mass is 32.2. The monoisotopic (exact) mass is 297 g/mol. The van der Waals surface area contributed by atoms with Crippen molar-refractivity contribution in [2.75, 3.05) is 19.1 Å². The molecule has 0 saturated heterocycles. The van der Waals surface area contributed by atoms with Gasteiger partial charge in [-0.25, -0.2) is 0 Å². The van der Waals surface area contributed by atoms with Gasteiger partial charge in [0.15, 0.2) is 11.5 Å². The van der Waals surface area contributed by atoms with E-state index in [0.29, 0.717) is 5.75 Å². The summed E-state index contributed by atoms with van der Waals surface area (Å²) in [5.74, 6) is 2.19. The van der Waals surface area contributed by atoms with Gasteiger partial charge in [-0.2, -0.15) is 0 Å². The van der Waals surface area contributed by atoms with Crippen molar-refractivity contribution in [3.8, 4) is 11.5 Å². The van der Waals surface area contributed by atoms with Gasteiger partial charge in [-0.1, -0.05) is 26.8 Å². The van der Waals surface area contributed by atoms with Crippen LogP contribution >= 0.6 is 0 Å². The van der Waals surface area contributed by atoms with E-state index >= 15 is 0 Å². The van der Waals surface area contributed by atoms with Crippen LogP contribution < -0.4 is 14.8 Å². The standard InChI is InChI=1S/C15H23NO3S/c1-4-7-16-13(9-20(17)11(2)3)12-5-6-14-15(8-12)19-10-18-14/h5-6,8,11,13,16H,4,7,9-10H2,1-3H3. The maximum atomic E-state index is 12.1. The summed E-state index contributed by atoms with van der Waals surface area (Å²) in [7, 11) is -0.839. The van der Waals surface area contributed by atoms with Gasteiger partial charge in [0.25, 0.3) is 0 Å². The lowest BCUT2D eigenvalue weighted by Gasteiger charge is -2.20. The van der Waals surface area contributed by atoms with Gasteiger partial charge in [0.05, 0.1) is 0 Å². The molecule has 1 aromatic carbocycles. The number of benzene rings is 1. The highest BCUT2D eigenvalue weighted by Gasteiger charge is 2.20. The minimum Gasteiger partial charge on any atom is -0.454 e. The van der Waals surface area contributed by atoms with E-state index in [4.69, 9.17) is 9.47 Å². The highest BCUT2D eigenvalue weighted by molar-refractivity contribution is 7.85. The van der Waals surface area contributed by atoms with E-state index in [1.54, 1.807) is 0 Å². The summed E-state index contributed by atoms with van der Waals surface area (Å²) in [5.41, 5.74) is 1.11. The van der Waals surface area contributed by atoms with Gasteiger partial charge in [0.1, 0.15) is 0 Å². The van der Waals surface area contributed by atoms with Gasteiger partial charge in [0.2, 0.25) is 6.79 Å². The van der Waals surface area contributed by atoms with Crippen LogP contribution in [0.3, 0.4) is 0 Å². The molecule has 112 valence electrons. The summed E-state index contributed by atoms with van der Waals surface area (Å²) in [6.45, 7) is 7.31. The Morgan fingerprint density at radius 3 is 2.75 bits per heavy atom. The molecule has 0 bridgehead atoms. The van der Waals surface area contributed by atoms with Crippen molar-refractivity contribution in [3.05, 3.63) is 23.8 Å². The van der Waals surface area contributed by atoms with E-state index < -0.39 is 10.8 Å². The molecule has 2 atom stereocenters. The SMILES string of the molecule is CCCNC(CS(=O)C(C)C)c1ccc2c(c1)OCO2. The summed E-state index contributed by atoms with van der Waals surface area (Å²) in [5, 5.41) is 3.65. The van der Waals surface area contributed by atoms with Crippen molar-refractivity contribution in [2.45, 2.75) is 38.5 Å². The molecule has 1 N–H and O–H groups in total. The summed E-state index contributed by atoms with van der Waals surface area (Å²) in [4.78, 5) is 0. The quantitative estimate of drug-likeness (QED) is 0.840. The minimum atomic E-state index is -0.839. The topological polar surface area (TPSA) is 47.6 Å². The third-order valence-electron chi connectivity index (χ3n) is 3.30. The van der Waals surface area contributed by atoms with Crippen LogP contribution in [0.4, 0.5) is 0 Å². The molecule has 2 unspecified atom stereocenters. The average Bonchev–Trinajstić information content (AvgIpc) is 2.90. The maximum Gasteiger partial charge on any atom is 0.231 e. The van der Waals surface area contributed by atoms with E-state index in [1.807, 2.05) is 32.0 Å². The molecule has 1 aliphatic heterocycles. The van der Waals surface area contributed by atoms with Crippen molar-refractivity contribution >= 4 is 10.8 Å². The summed E-state index contributed by atoms with van der Waals surface area (Å²) >= 11 is 0. The Morgan fingerprint density at radius 2 is 2.05 bits per heavy atom. The molecule has 0 radical (unpaired) electrons. The molecule has 4 nitrogen and oxygen atoms in total. The molecule has 2 rings (SSSR count). The number of hydrogen-bond donors (Lipinski definition) is 1. The van der Waals surface area contributed by atoms with Crippen LogP contribution in [0, 0.1) is 0 Å². The van der Waals surface area contributed by atoms with E-state index in [1.165, 1.54) is 0 Å². The van der Waals surface area contributed by atoms with Crippen molar-refractivity contribution in [2.24, 2.45) is 0 Å². The molecule has 0 aliphatic carbocycles. The number of ether oxygens (including phenoxy) is 2. The fourth-order valence-electron chi connectivity index (χ4n) is 2.08. The van der Waals surface area contributed by atoms with Crippen LogP contribution in [0.5, 0.6) is 11.5 Å². The van der Waals surface area contributed by atoms with E-state index in [-0.39, 0.29) is 18.1 Å². The smallest absolute Gasteiger partial charge is 0.231 e. The molecule has 0 amide bonds. The fraction of sp³-hybridized carbons (Fsp3) is 0.600. The van der Waals surface area contributed by atoms with E-state index in [0.717, 1.165) is 30.0 Å². The minimum absolute atomic E-state index is 0.0904. The fourth-order valence-corrected chi connectivity index (χ4v) is 3.10. The molecule has 0 aromatic heterocycles. The molecule has 1 aromatic rings. The summed E-state index contributed by atoms with van der Waals surface area (Å²) in [6, 6.07) is 6.04. The third kappa shape index (κ3) is 3.73. The largest absolute Gasteiger partial charge is 0.454 e. The van der Waals surface area contributed by atoms with Crippen molar-refractivity contribution in [3.63, 3.8) is 0 Å². The van der Waals surface area contributed by atoms with Gasteiger partial charge in [-0.15, -0.1) is 0 Å². The molecule has 20 heavy (non-hydrogen) atoms. The van der Waals surface area contributed by atoms with E-state index in [2.05, 4.69) is 12.2 Å². The number of fused-ring (bicyclic) bond motifs is 1. The molecule has 0 spiro atoms. The lowest BCUT2D eigenvalue weighted by molar-refractivity contribution is 0.174. The molecule has 1 heterocycles. The van der Waals surface area contributed by atoms with Crippen LogP contribution in [-0.2, 0) is 10.8 Å². The van der Waals surface area contributed by atoms with Crippen LogP contribution in [0.15, 0.2) is 18.2 Å². The first-order chi connectivity index (χ1) is 9.61. The van der Waals surface area contributed by atoms with Gasteiger partial charge in [-0.05, 0) is 30.7 Å². The average molecular weight is 297 g/mol. The highest BCUT2D eigenvalue weighted by Crippen LogP contribution is 2.34. The van der Waals surface area contributed by atoms with Gasteiger partial charge < -0.3 is 14.8 Å². The second kappa shape index (κ2) is 7.09. The number of rotatable bonds is 7. The molecular formula is C15H23NO3S. The lowest BCUT2D eigenvalue weighted by atomic mass is 10.1. The zero-order valence-electron chi connectivity index (χ0n) is 12.3. The Hall–Kier alpha value is -1.07. The maximum absolute atomic E-state index is 12.1.